The molecule has 0 saturated carbocycles. The number of carbonyl (C=O) groups is 1. The van der Waals surface area contributed by atoms with E-state index in [0.717, 1.165) is 16.7 Å². The fourth-order valence-electron chi connectivity index (χ4n) is 1.85. The molecule has 1 rings (SSSR count). The van der Waals surface area contributed by atoms with Gasteiger partial charge in [-0.15, -0.1) is 0 Å². The molecule has 0 fully saturated rings. The topological polar surface area (TPSA) is 40.5 Å². The van der Waals surface area contributed by atoms with Gasteiger partial charge in [-0.1, -0.05) is 13.8 Å². The van der Waals surface area contributed by atoms with Crippen LogP contribution >= 0.6 is 15.9 Å². The van der Waals surface area contributed by atoms with Gasteiger partial charge in [-0.3, -0.25) is 0 Å². The smallest absolute Gasteiger partial charge is 0.335 e. The standard InChI is InChI=1S/C14H20BrNO2/c1-9(2)8-16(10(3)4)13-6-5-11(14(17)18)7-12(13)15/h5-7,9-10H,8H2,1-4H3,(H,17,18). The summed E-state index contributed by atoms with van der Waals surface area (Å²) in [5.74, 6) is -0.347. The third-order valence-electron chi connectivity index (χ3n) is 2.69. The van der Waals surface area contributed by atoms with Crippen molar-refractivity contribution in [2.45, 2.75) is 33.7 Å². The van der Waals surface area contributed by atoms with Crippen LogP contribution in [0.3, 0.4) is 0 Å². The third-order valence-corrected chi connectivity index (χ3v) is 3.32. The highest BCUT2D eigenvalue weighted by Gasteiger charge is 2.16. The zero-order valence-electron chi connectivity index (χ0n) is 11.3. The molecule has 0 aromatic heterocycles. The number of halogens is 1. The van der Waals surface area contributed by atoms with Crippen molar-refractivity contribution in [1.29, 1.82) is 0 Å². The summed E-state index contributed by atoms with van der Waals surface area (Å²) in [6, 6.07) is 5.56. The van der Waals surface area contributed by atoms with Gasteiger partial charge in [-0.25, -0.2) is 4.79 Å². The van der Waals surface area contributed by atoms with Gasteiger partial charge in [0.1, 0.15) is 0 Å². The number of nitrogens with zero attached hydrogens (tertiary/aromatic N) is 1. The molecule has 0 amide bonds. The van der Waals surface area contributed by atoms with E-state index in [4.69, 9.17) is 5.11 Å². The largest absolute Gasteiger partial charge is 0.478 e. The minimum Gasteiger partial charge on any atom is -0.478 e. The second-order valence-corrected chi connectivity index (χ2v) is 5.97. The molecule has 18 heavy (non-hydrogen) atoms. The van der Waals surface area contributed by atoms with E-state index in [9.17, 15) is 4.79 Å². The van der Waals surface area contributed by atoms with Crippen LogP contribution in [0.1, 0.15) is 38.1 Å². The molecule has 0 aliphatic heterocycles. The monoisotopic (exact) mass is 313 g/mol. The average molecular weight is 314 g/mol. The summed E-state index contributed by atoms with van der Waals surface area (Å²) >= 11 is 3.47. The Hall–Kier alpha value is -1.03. The van der Waals surface area contributed by atoms with Crippen molar-refractivity contribution < 1.29 is 9.90 Å². The number of hydrogen-bond acceptors (Lipinski definition) is 2. The highest BCUT2D eigenvalue weighted by Crippen LogP contribution is 2.29. The van der Waals surface area contributed by atoms with Gasteiger partial charge in [0, 0.05) is 17.1 Å². The number of hydrogen-bond donors (Lipinski definition) is 1. The summed E-state index contributed by atoms with van der Waals surface area (Å²) < 4.78 is 0.830. The number of rotatable bonds is 5. The summed E-state index contributed by atoms with van der Waals surface area (Å²) in [5.41, 5.74) is 1.35. The van der Waals surface area contributed by atoms with E-state index in [1.54, 1.807) is 12.1 Å². The Labute approximate surface area is 117 Å². The number of benzene rings is 1. The van der Waals surface area contributed by atoms with Crippen LogP contribution in [0, 0.1) is 5.92 Å². The maximum Gasteiger partial charge on any atom is 0.335 e. The minimum atomic E-state index is -0.901. The van der Waals surface area contributed by atoms with Crippen LogP contribution in [0.2, 0.25) is 0 Å². The van der Waals surface area contributed by atoms with Crippen LogP contribution < -0.4 is 4.90 Å². The SMILES string of the molecule is CC(C)CN(c1ccc(C(=O)O)cc1Br)C(C)C. The van der Waals surface area contributed by atoms with Gasteiger partial charge in [-0.2, -0.15) is 0 Å². The molecule has 0 bridgehead atoms. The summed E-state index contributed by atoms with van der Waals surface area (Å²) in [6.45, 7) is 9.58. The average Bonchev–Trinajstić information content (AvgIpc) is 2.25. The molecule has 1 aromatic rings. The summed E-state index contributed by atoms with van der Waals surface area (Å²) in [6.07, 6.45) is 0. The van der Waals surface area contributed by atoms with Crippen molar-refractivity contribution in [3.8, 4) is 0 Å². The number of aromatic carboxylic acids is 1. The fourth-order valence-corrected chi connectivity index (χ4v) is 2.46. The highest BCUT2D eigenvalue weighted by molar-refractivity contribution is 9.10. The maximum absolute atomic E-state index is 10.9. The molecule has 100 valence electrons. The quantitative estimate of drug-likeness (QED) is 0.892. The molecular formula is C14H20BrNO2. The normalized spacial score (nSPS) is 11.1. The van der Waals surface area contributed by atoms with Crippen LogP contribution in [0.15, 0.2) is 22.7 Å². The molecule has 0 unspecified atom stereocenters. The molecule has 1 N–H and O–H groups in total. The molecular weight excluding hydrogens is 294 g/mol. The van der Waals surface area contributed by atoms with Gasteiger partial charge in [0.2, 0.25) is 0 Å². The molecule has 0 aliphatic carbocycles. The Bertz CT molecular complexity index is 430. The van der Waals surface area contributed by atoms with Gasteiger partial charge in [0.05, 0.1) is 11.3 Å². The zero-order chi connectivity index (χ0) is 13.9. The van der Waals surface area contributed by atoms with Crippen molar-refractivity contribution in [3.05, 3.63) is 28.2 Å². The van der Waals surface area contributed by atoms with Crippen LogP contribution in [-0.4, -0.2) is 23.7 Å². The van der Waals surface area contributed by atoms with Crippen LogP contribution in [0.25, 0.3) is 0 Å². The molecule has 0 atom stereocenters. The molecule has 3 nitrogen and oxygen atoms in total. The fraction of sp³-hybridized carbons (Fsp3) is 0.500. The van der Waals surface area contributed by atoms with Crippen LogP contribution in [0.5, 0.6) is 0 Å². The van der Waals surface area contributed by atoms with Crippen molar-refractivity contribution in [2.24, 2.45) is 5.92 Å². The van der Waals surface area contributed by atoms with Crippen LogP contribution in [-0.2, 0) is 0 Å². The Balaban J connectivity index is 3.09. The lowest BCUT2D eigenvalue weighted by atomic mass is 10.1. The van der Waals surface area contributed by atoms with E-state index in [1.807, 2.05) is 6.07 Å². The number of carboxylic acid groups (broad SMARTS) is 1. The molecule has 0 spiro atoms. The first kappa shape index (κ1) is 15.0. The number of carboxylic acids is 1. The third kappa shape index (κ3) is 3.73. The van der Waals surface area contributed by atoms with E-state index in [0.29, 0.717) is 17.5 Å². The van der Waals surface area contributed by atoms with Crippen molar-refractivity contribution >= 4 is 27.6 Å². The van der Waals surface area contributed by atoms with Gasteiger partial charge in [0.25, 0.3) is 0 Å². The molecule has 4 heteroatoms. The van der Waals surface area contributed by atoms with Gasteiger partial charge < -0.3 is 10.0 Å². The van der Waals surface area contributed by atoms with Crippen molar-refractivity contribution in [1.82, 2.24) is 0 Å². The Kier molecular flexibility index (Phi) is 5.20. The molecule has 0 aliphatic rings. The zero-order valence-corrected chi connectivity index (χ0v) is 12.9. The van der Waals surface area contributed by atoms with E-state index >= 15 is 0 Å². The second kappa shape index (κ2) is 6.23. The van der Waals surface area contributed by atoms with E-state index in [-0.39, 0.29) is 0 Å². The van der Waals surface area contributed by atoms with E-state index in [2.05, 4.69) is 48.5 Å². The number of anilines is 1. The Morgan fingerprint density at radius 1 is 1.33 bits per heavy atom. The predicted molar refractivity (Wildman–Crippen MR) is 78.4 cm³/mol. The van der Waals surface area contributed by atoms with Gasteiger partial charge >= 0.3 is 5.97 Å². The first-order valence-electron chi connectivity index (χ1n) is 6.12. The predicted octanol–water partition coefficient (Wildman–Crippen LogP) is 4.02. The Morgan fingerprint density at radius 3 is 2.33 bits per heavy atom. The maximum atomic E-state index is 10.9. The summed E-state index contributed by atoms with van der Waals surface area (Å²) in [4.78, 5) is 13.2. The molecule has 0 saturated heterocycles. The Morgan fingerprint density at radius 2 is 1.94 bits per heavy atom. The molecule has 1 aromatic carbocycles. The first-order valence-corrected chi connectivity index (χ1v) is 6.91. The summed E-state index contributed by atoms with van der Waals surface area (Å²) in [5, 5.41) is 8.96. The molecule has 0 radical (unpaired) electrons. The lowest BCUT2D eigenvalue weighted by Gasteiger charge is -2.31. The highest BCUT2D eigenvalue weighted by atomic mass is 79.9. The lowest BCUT2D eigenvalue weighted by molar-refractivity contribution is 0.0697. The minimum absolute atomic E-state index is 0.305. The van der Waals surface area contributed by atoms with E-state index in [1.165, 1.54) is 0 Å². The van der Waals surface area contributed by atoms with Crippen molar-refractivity contribution in [3.63, 3.8) is 0 Å². The van der Waals surface area contributed by atoms with E-state index < -0.39 is 5.97 Å². The van der Waals surface area contributed by atoms with Gasteiger partial charge in [0.15, 0.2) is 0 Å². The van der Waals surface area contributed by atoms with Crippen molar-refractivity contribution in [2.75, 3.05) is 11.4 Å². The van der Waals surface area contributed by atoms with Gasteiger partial charge in [-0.05, 0) is 53.9 Å². The second-order valence-electron chi connectivity index (χ2n) is 5.11. The van der Waals surface area contributed by atoms with Crippen LogP contribution in [0.4, 0.5) is 5.69 Å². The lowest BCUT2D eigenvalue weighted by Crippen LogP contribution is -2.34. The molecule has 0 heterocycles. The first-order chi connectivity index (χ1) is 8.32. The summed E-state index contributed by atoms with van der Waals surface area (Å²) in [7, 11) is 0.